The average molecular weight is 473 g/mol. The number of hydrogen-bond acceptors (Lipinski definition) is 5. The predicted molar refractivity (Wildman–Crippen MR) is 129 cm³/mol. The molecule has 176 valence electrons. The molecule has 3 amide bonds. The number of anilines is 2. The van der Waals surface area contributed by atoms with Crippen molar-refractivity contribution in [2.45, 2.75) is 31.7 Å². The molecule has 1 unspecified atom stereocenters. The fourth-order valence-corrected chi connectivity index (χ4v) is 4.12. The summed E-state index contributed by atoms with van der Waals surface area (Å²) < 4.78 is 0. The molecule has 0 saturated carbocycles. The summed E-state index contributed by atoms with van der Waals surface area (Å²) in [7, 11) is 1.55. The second kappa shape index (κ2) is 11.7. The summed E-state index contributed by atoms with van der Waals surface area (Å²) in [4.78, 5) is 39.2. The van der Waals surface area contributed by atoms with Crippen LogP contribution >= 0.6 is 11.6 Å². The number of likely N-dealkylation sites (tertiary alicyclic amines) is 1. The number of halogens is 1. The zero-order valence-electron chi connectivity index (χ0n) is 18.6. The van der Waals surface area contributed by atoms with Crippen molar-refractivity contribution < 1.29 is 19.5 Å². The number of nitrogens with zero attached hydrogens (tertiary/aromatic N) is 1. The number of amides is 3. The number of hydrogen-bond donors (Lipinski definition) is 4. The Kier molecular flexibility index (Phi) is 8.68. The minimum atomic E-state index is -0.308. The van der Waals surface area contributed by atoms with Crippen molar-refractivity contribution in [3.05, 3.63) is 58.6 Å². The van der Waals surface area contributed by atoms with E-state index in [0.29, 0.717) is 40.5 Å². The van der Waals surface area contributed by atoms with Gasteiger partial charge in [-0.15, -0.1) is 0 Å². The molecule has 3 rings (SSSR count). The Balaban J connectivity index is 1.67. The van der Waals surface area contributed by atoms with Gasteiger partial charge in [0.2, 0.25) is 5.91 Å². The zero-order valence-corrected chi connectivity index (χ0v) is 19.3. The van der Waals surface area contributed by atoms with E-state index in [9.17, 15) is 19.5 Å². The Morgan fingerprint density at radius 2 is 1.88 bits per heavy atom. The molecule has 1 saturated heterocycles. The number of aliphatic hydroxyl groups is 1. The van der Waals surface area contributed by atoms with Crippen molar-refractivity contribution >= 4 is 40.7 Å². The van der Waals surface area contributed by atoms with Gasteiger partial charge in [-0.25, -0.2) is 0 Å². The van der Waals surface area contributed by atoms with Gasteiger partial charge in [0, 0.05) is 48.2 Å². The van der Waals surface area contributed by atoms with Crippen molar-refractivity contribution in [1.82, 2.24) is 10.2 Å². The van der Waals surface area contributed by atoms with Crippen molar-refractivity contribution in [2.24, 2.45) is 0 Å². The normalized spacial score (nSPS) is 15.6. The van der Waals surface area contributed by atoms with E-state index >= 15 is 0 Å². The van der Waals surface area contributed by atoms with Gasteiger partial charge in [0.25, 0.3) is 11.8 Å². The molecule has 1 fully saturated rings. The van der Waals surface area contributed by atoms with E-state index in [2.05, 4.69) is 16.0 Å². The molecule has 4 N–H and O–H groups in total. The number of nitrogens with one attached hydrogen (secondary N) is 3. The monoisotopic (exact) mass is 472 g/mol. The first-order valence-corrected chi connectivity index (χ1v) is 11.4. The smallest absolute Gasteiger partial charge is 0.256 e. The van der Waals surface area contributed by atoms with Crippen LogP contribution in [-0.4, -0.2) is 60.5 Å². The van der Waals surface area contributed by atoms with E-state index in [1.165, 1.54) is 0 Å². The molecule has 2 aromatic rings. The lowest BCUT2D eigenvalue weighted by atomic mass is 9.98. The van der Waals surface area contributed by atoms with Crippen LogP contribution in [0.5, 0.6) is 0 Å². The summed E-state index contributed by atoms with van der Waals surface area (Å²) in [6, 6.07) is 11.5. The summed E-state index contributed by atoms with van der Waals surface area (Å²) >= 11 is 6.15. The van der Waals surface area contributed by atoms with Gasteiger partial charge in [-0.3, -0.25) is 14.4 Å². The highest BCUT2D eigenvalue weighted by Crippen LogP contribution is 2.27. The van der Waals surface area contributed by atoms with Gasteiger partial charge >= 0.3 is 0 Å². The second-order valence-electron chi connectivity index (χ2n) is 7.91. The van der Waals surface area contributed by atoms with Crippen LogP contribution < -0.4 is 16.0 Å². The third-order valence-electron chi connectivity index (χ3n) is 5.66. The quantitative estimate of drug-likeness (QED) is 0.471. The fraction of sp³-hybridized carbons (Fsp3) is 0.375. The van der Waals surface area contributed by atoms with Crippen LogP contribution in [0, 0.1) is 0 Å². The molecule has 0 aromatic heterocycles. The molecule has 0 aliphatic carbocycles. The van der Waals surface area contributed by atoms with Crippen LogP contribution in [0.1, 0.15) is 46.4 Å². The van der Waals surface area contributed by atoms with Gasteiger partial charge < -0.3 is 26.0 Å². The second-order valence-corrected chi connectivity index (χ2v) is 8.34. The van der Waals surface area contributed by atoms with Crippen molar-refractivity contribution in [2.75, 3.05) is 37.4 Å². The maximum absolute atomic E-state index is 13.3. The molecular weight excluding hydrogens is 444 g/mol. The number of carbonyl (C=O) groups is 3. The van der Waals surface area contributed by atoms with Crippen molar-refractivity contribution in [3.63, 3.8) is 0 Å². The van der Waals surface area contributed by atoms with Gasteiger partial charge in [-0.2, -0.15) is 0 Å². The minimum Gasteiger partial charge on any atom is -0.396 e. The van der Waals surface area contributed by atoms with Crippen LogP contribution in [0.2, 0.25) is 5.02 Å². The first-order chi connectivity index (χ1) is 15.9. The third kappa shape index (κ3) is 6.46. The molecule has 1 atom stereocenters. The molecule has 9 heteroatoms. The number of benzene rings is 2. The van der Waals surface area contributed by atoms with Gasteiger partial charge in [0.1, 0.15) is 0 Å². The predicted octanol–water partition coefficient (Wildman–Crippen LogP) is 3.13. The highest BCUT2D eigenvalue weighted by Gasteiger charge is 2.28. The van der Waals surface area contributed by atoms with Gasteiger partial charge in [0.05, 0.1) is 12.1 Å². The van der Waals surface area contributed by atoms with Crippen LogP contribution in [-0.2, 0) is 4.79 Å². The summed E-state index contributed by atoms with van der Waals surface area (Å²) in [5.74, 6) is -0.655. The summed E-state index contributed by atoms with van der Waals surface area (Å²) in [6.07, 6.45) is 3.36. The average Bonchev–Trinajstić information content (AvgIpc) is 2.83. The van der Waals surface area contributed by atoms with Gasteiger partial charge in [0.15, 0.2) is 0 Å². The number of piperidine rings is 1. The molecule has 0 radical (unpaired) electrons. The largest absolute Gasteiger partial charge is 0.396 e. The SMILES string of the molecule is CNC(=O)c1ccc(NC(=O)CNc2cc(Cl)ccc2C(=O)N2CCCCC2CCO)cc1. The minimum absolute atomic E-state index is 0.000776. The fourth-order valence-electron chi connectivity index (χ4n) is 3.95. The number of carbonyl (C=O) groups excluding carboxylic acids is 3. The van der Waals surface area contributed by atoms with E-state index in [-0.39, 0.29) is 36.9 Å². The molecule has 1 aliphatic rings. The van der Waals surface area contributed by atoms with Crippen LogP contribution in [0.4, 0.5) is 11.4 Å². The molecule has 0 spiro atoms. The molecule has 33 heavy (non-hydrogen) atoms. The molecule has 2 aromatic carbocycles. The van der Waals surface area contributed by atoms with E-state index in [1.807, 2.05) is 4.90 Å². The Labute approximate surface area is 198 Å². The van der Waals surface area contributed by atoms with Crippen LogP contribution in [0.3, 0.4) is 0 Å². The Bertz CT molecular complexity index is 994. The Morgan fingerprint density at radius 3 is 2.58 bits per heavy atom. The zero-order chi connectivity index (χ0) is 23.8. The molecule has 1 aliphatic heterocycles. The van der Waals surface area contributed by atoms with E-state index in [1.54, 1.807) is 49.5 Å². The first-order valence-electron chi connectivity index (χ1n) is 11.0. The van der Waals surface area contributed by atoms with Crippen molar-refractivity contribution in [3.8, 4) is 0 Å². The molecule has 0 bridgehead atoms. The maximum Gasteiger partial charge on any atom is 0.256 e. The highest BCUT2D eigenvalue weighted by molar-refractivity contribution is 6.31. The molecular formula is C24H29ClN4O4. The van der Waals surface area contributed by atoms with Gasteiger partial charge in [-0.05, 0) is 68.1 Å². The standard InChI is InChI=1S/C24H29ClN4O4/c1-26-23(32)16-5-8-18(9-6-16)28-22(31)15-27-21-14-17(25)7-10-20(21)24(33)29-12-3-2-4-19(29)11-13-30/h5-10,14,19,27,30H,2-4,11-13,15H2,1H3,(H,26,32)(H,28,31). The van der Waals surface area contributed by atoms with Crippen molar-refractivity contribution in [1.29, 1.82) is 0 Å². The Morgan fingerprint density at radius 1 is 1.12 bits per heavy atom. The summed E-state index contributed by atoms with van der Waals surface area (Å²) in [5.41, 5.74) is 1.96. The lowest BCUT2D eigenvalue weighted by Gasteiger charge is -2.36. The molecule has 1 heterocycles. The summed E-state index contributed by atoms with van der Waals surface area (Å²) in [5, 5.41) is 18.1. The van der Waals surface area contributed by atoms with Gasteiger partial charge in [-0.1, -0.05) is 11.6 Å². The van der Waals surface area contributed by atoms with E-state index in [0.717, 1.165) is 19.3 Å². The van der Waals surface area contributed by atoms with E-state index < -0.39 is 0 Å². The van der Waals surface area contributed by atoms with Crippen LogP contribution in [0.25, 0.3) is 0 Å². The maximum atomic E-state index is 13.3. The third-order valence-corrected chi connectivity index (χ3v) is 5.89. The topological polar surface area (TPSA) is 111 Å². The highest BCUT2D eigenvalue weighted by atomic mass is 35.5. The first kappa shape index (κ1) is 24.5. The summed E-state index contributed by atoms with van der Waals surface area (Å²) in [6.45, 7) is 0.598. The number of rotatable bonds is 8. The lowest BCUT2D eigenvalue weighted by Crippen LogP contribution is -2.44. The van der Waals surface area contributed by atoms with Crippen LogP contribution in [0.15, 0.2) is 42.5 Å². The number of aliphatic hydroxyl groups excluding tert-OH is 1. The molecule has 8 nitrogen and oxygen atoms in total. The lowest BCUT2D eigenvalue weighted by molar-refractivity contribution is -0.114. The van der Waals surface area contributed by atoms with E-state index in [4.69, 9.17) is 11.6 Å². The Hall–Kier alpha value is -3.10.